The van der Waals surface area contributed by atoms with E-state index in [2.05, 4.69) is 10.6 Å². The molecule has 0 radical (unpaired) electrons. The summed E-state index contributed by atoms with van der Waals surface area (Å²) in [6.45, 7) is 3.67. The highest BCUT2D eigenvalue weighted by atomic mass is 16.3. The molecule has 6 heteroatoms. The van der Waals surface area contributed by atoms with Crippen LogP contribution in [0.15, 0.2) is 69.5 Å². The van der Waals surface area contributed by atoms with Gasteiger partial charge in [0.25, 0.3) is 0 Å². The van der Waals surface area contributed by atoms with Crippen molar-refractivity contribution in [3.63, 3.8) is 0 Å². The van der Waals surface area contributed by atoms with E-state index in [0.29, 0.717) is 22.9 Å². The van der Waals surface area contributed by atoms with Gasteiger partial charge in [-0.25, -0.2) is 0 Å². The predicted octanol–water partition coefficient (Wildman–Crippen LogP) is 4.79. The van der Waals surface area contributed by atoms with Gasteiger partial charge in [0.05, 0.1) is 0 Å². The summed E-state index contributed by atoms with van der Waals surface area (Å²) in [6, 6.07) is 14.1. The third-order valence-electron chi connectivity index (χ3n) is 3.72. The molecule has 0 atom stereocenters. The van der Waals surface area contributed by atoms with Crippen LogP contribution in [0.1, 0.15) is 23.0 Å². The Kier molecular flexibility index (Phi) is 5.91. The lowest BCUT2D eigenvalue weighted by Crippen LogP contribution is -2.10. The minimum absolute atomic E-state index is 0.300. The van der Waals surface area contributed by atoms with E-state index in [1.54, 1.807) is 48.6 Å². The van der Waals surface area contributed by atoms with E-state index in [1.807, 2.05) is 26.0 Å². The Morgan fingerprint density at radius 1 is 0.750 bits per heavy atom. The average molecular weight is 376 g/mol. The lowest BCUT2D eigenvalue weighted by Gasteiger charge is -2.06. The first-order chi connectivity index (χ1) is 13.5. The topological polar surface area (TPSA) is 84.5 Å². The van der Waals surface area contributed by atoms with Gasteiger partial charge in [-0.2, -0.15) is 0 Å². The first kappa shape index (κ1) is 19.0. The first-order valence-electron chi connectivity index (χ1n) is 8.69. The molecule has 0 bridgehead atoms. The largest absolute Gasteiger partial charge is 0.462 e. The van der Waals surface area contributed by atoms with E-state index in [9.17, 15) is 9.59 Å². The molecular formula is C22H20N2O4. The molecule has 1 aromatic carbocycles. The summed E-state index contributed by atoms with van der Waals surface area (Å²) < 4.78 is 10.8. The van der Waals surface area contributed by atoms with Crippen LogP contribution in [-0.4, -0.2) is 11.8 Å². The second-order valence-electron chi connectivity index (χ2n) is 6.12. The van der Waals surface area contributed by atoms with Gasteiger partial charge in [0.1, 0.15) is 23.0 Å². The predicted molar refractivity (Wildman–Crippen MR) is 109 cm³/mol. The average Bonchev–Trinajstić information content (AvgIpc) is 3.26. The SMILES string of the molecule is Cc1ccc(C=CC(=O)Nc2cccc(NC(=O)C=Cc3ccc(C)o3)c2)o1. The maximum atomic E-state index is 12.0. The summed E-state index contributed by atoms with van der Waals surface area (Å²) in [5.41, 5.74) is 1.13. The maximum absolute atomic E-state index is 12.0. The number of aryl methyl sites for hydroxylation is 2. The van der Waals surface area contributed by atoms with E-state index in [1.165, 1.54) is 12.2 Å². The normalized spacial score (nSPS) is 11.2. The zero-order valence-electron chi connectivity index (χ0n) is 15.6. The fourth-order valence-corrected chi connectivity index (χ4v) is 2.44. The molecule has 2 amide bonds. The fraction of sp³-hybridized carbons (Fsp3) is 0.0909. The molecule has 6 nitrogen and oxygen atoms in total. The van der Waals surface area contributed by atoms with Crippen molar-refractivity contribution in [1.29, 1.82) is 0 Å². The van der Waals surface area contributed by atoms with Crippen LogP contribution in [0.2, 0.25) is 0 Å². The van der Waals surface area contributed by atoms with E-state index < -0.39 is 0 Å². The Morgan fingerprint density at radius 2 is 1.21 bits per heavy atom. The fourth-order valence-electron chi connectivity index (χ4n) is 2.44. The van der Waals surface area contributed by atoms with Crippen molar-refractivity contribution in [3.8, 4) is 0 Å². The van der Waals surface area contributed by atoms with Crippen molar-refractivity contribution in [2.75, 3.05) is 10.6 Å². The number of rotatable bonds is 6. The number of hydrogen-bond donors (Lipinski definition) is 2. The van der Waals surface area contributed by atoms with Gasteiger partial charge in [0, 0.05) is 23.5 Å². The third kappa shape index (κ3) is 5.60. The summed E-state index contributed by atoms with van der Waals surface area (Å²) in [4.78, 5) is 24.1. The van der Waals surface area contributed by atoms with Crippen LogP contribution >= 0.6 is 0 Å². The standard InChI is InChI=1S/C22H20N2O4/c1-15-6-8-19(27-15)10-12-21(25)23-17-4-3-5-18(14-17)24-22(26)13-11-20-9-7-16(2)28-20/h3-14H,1-2H3,(H,23,25)(H,24,26). The van der Waals surface area contributed by atoms with Gasteiger partial charge in [-0.15, -0.1) is 0 Å². The molecule has 3 aromatic rings. The molecule has 0 aliphatic heterocycles. The van der Waals surface area contributed by atoms with Gasteiger partial charge in [-0.3, -0.25) is 9.59 Å². The minimum Gasteiger partial charge on any atom is -0.462 e. The van der Waals surface area contributed by atoms with Crippen molar-refractivity contribution < 1.29 is 18.4 Å². The monoisotopic (exact) mass is 376 g/mol. The summed E-state index contributed by atoms with van der Waals surface area (Å²) in [7, 11) is 0. The van der Waals surface area contributed by atoms with Crippen LogP contribution in [0.25, 0.3) is 12.2 Å². The number of anilines is 2. The highest BCUT2D eigenvalue weighted by molar-refractivity contribution is 6.04. The summed E-state index contributed by atoms with van der Waals surface area (Å²) in [5.74, 6) is 2.16. The quantitative estimate of drug-likeness (QED) is 0.606. The summed E-state index contributed by atoms with van der Waals surface area (Å²) in [5, 5.41) is 5.48. The molecule has 28 heavy (non-hydrogen) atoms. The second kappa shape index (κ2) is 8.73. The van der Waals surface area contributed by atoms with Crippen LogP contribution in [-0.2, 0) is 9.59 Å². The van der Waals surface area contributed by atoms with Crippen LogP contribution in [0.5, 0.6) is 0 Å². The Bertz CT molecular complexity index is 961. The Morgan fingerprint density at radius 3 is 1.61 bits per heavy atom. The molecule has 3 rings (SSSR count). The highest BCUT2D eigenvalue weighted by Gasteiger charge is 2.03. The number of nitrogens with one attached hydrogen (secondary N) is 2. The number of carbonyl (C=O) groups is 2. The van der Waals surface area contributed by atoms with Crippen molar-refractivity contribution >= 4 is 35.3 Å². The Labute approximate surface area is 162 Å². The lowest BCUT2D eigenvalue weighted by molar-refractivity contribution is -0.112. The molecule has 2 aromatic heterocycles. The smallest absolute Gasteiger partial charge is 0.248 e. The molecule has 0 fully saturated rings. The molecule has 0 saturated carbocycles. The number of benzene rings is 1. The lowest BCUT2D eigenvalue weighted by atomic mass is 10.2. The van der Waals surface area contributed by atoms with E-state index in [4.69, 9.17) is 8.83 Å². The number of amides is 2. The van der Waals surface area contributed by atoms with Gasteiger partial charge in [-0.05, 0) is 68.5 Å². The summed E-state index contributed by atoms with van der Waals surface area (Å²) >= 11 is 0. The van der Waals surface area contributed by atoms with E-state index in [0.717, 1.165) is 11.5 Å². The minimum atomic E-state index is -0.300. The second-order valence-corrected chi connectivity index (χ2v) is 6.12. The molecule has 0 aliphatic carbocycles. The highest BCUT2D eigenvalue weighted by Crippen LogP contribution is 2.16. The van der Waals surface area contributed by atoms with Crippen LogP contribution in [0.3, 0.4) is 0 Å². The molecular weight excluding hydrogens is 356 g/mol. The Balaban J connectivity index is 1.57. The van der Waals surface area contributed by atoms with Crippen LogP contribution in [0, 0.1) is 13.8 Å². The summed E-state index contributed by atoms with van der Waals surface area (Å²) in [6.07, 6.45) is 5.96. The van der Waals surface area contributed by atoms with Crippen molar-refractivity contribution in [2.24, 2.45) is 0 Å². The maximum Gasteiger partial charge on any atom is 0.248 e. The van der Waals surface area contributed by atoms with Gasteiger partial charge < -0.3 is 19.5 Å². The first-order valence-corrected chi connectivity index (χ1v) is 8.69. The van der Waals surface area contributed by atoms with Gasteiger partial charge in [0.15, 0.2) is 0 Å². The molecule has 142 valence electrons. The number of hydrogen-bond acceptors (Lipinski definition) is 4. The van der Waals surface area contributed by atoms with E-state index >= 15 is 0 Å². The van der Waals surface area contributed by atoms with Gasteiger partial charge in [0.2, 0.25) is 11.8 Å². The molecule has 0 aliphatic rings. The van der Waals surface area contributed by atoms with Crippen molar-refractivity contribution in [1.82, 2.24) is 0 Å². The van der Waals surface area contributed by atoms with Crippen LogP contribution < -0.4 is 10.6 Å². The molecule has 2 N–H and O–H groups in total. The number of carbonyl (C=O) groups excluding carboxylic acids is 2. The van der Waals surface area contributed by atoms with Gasteiger partial charge in [-0.1, -0.05) is 6.07 Å². The molecule has 0 saturated heterocycles. The zero-order valence-corrected chi connectivity index (χ0v) is 15.6. The Hall–Kier alpha value is -3.80. The zero-order chi connectivity index (χ0) is 19.9. The molecule has 0 spiro atoms. The molecule has 2 heterocycles. The van der Waals surface area contributed by atoms with E-state index in [-0.39, 0.29) is 11.8 Å². The van der Waals surface area contributed by atoms with Crippen molar-refractivity contribution in [2.45, 2.75) is 13.8 Å². The van der Waals surface area contributed by atoms with Crippen molar-refractivity contribution in [3.05, 3.63) is 83.7 Å². The third-order valence-corrected chi connectivity index (χ3v) is 3.72. The van der Waals surface area contributed by atoms with Crippen LogP contribution in [0.4, 0.5) is 11.4 Å². The van der Waals surface area contributed by atoms with Gasteiger partial charge >= 0.3 is 0 Å². The number of furan rings is 2. The molecule has 0 unspecified atom stereocenters.